The van der Waals surface area contributed by atoms with Crippen LogP contribution >= 0.6 is 11.3 Å². The van der Waals surface area contributed by atoms with Crippen LogP contribution in [0.25, 0.3) is 0 Å². The largest absolute Gasteiger partial charge is 0.381 e. The molecule has 1 aliphatic rings. The molecule has 0 radical (unpaired) electrons. The van der Waals surface area contributed by atoms with Crippen LogP contribution in [0.15, 0.2) is 18.6 Å². The summed E-state index contributed by atoms with van der Waals surface area (Å²) >= 11 is 1.70. The van der Waals surface area contributed by atoms with Crippen molar-refractivity contribution >= 4 is 11.3 Å². The molecule has 1 atom stereocenters. The van der Waals surface area contributed by atoms with Crippen LogP contribution in [0.5, 0.6) is 0 Å². The molecule has 2 aromatic heterocycles. The maximum Gasteiger partial charge on any atom is 0.130 e. The lowest BCUT2D eigenvalue weighted by Crippen LogP contribution is -2.03. The Morgan fingerprint density at radius 2 is 2.35 bits per heavy atom. The minimum atomic E-state index is -0.655. The number of thiophene rings is 1. The second kappa shape index (κ2) is 4.27. The maximum absolute atomic E-state index is 10.4. The summed E-state index contributed by atoms with van der Waals surface area (Å²) in [6.07, 6.45) is 5.90. The molecule has 17 heavy (non-hydrogen) atoms. The predicted octanol–water partition coefficient (Wildman–Crippen LogP) is 2.44. The first-order valence-electron chi connectivity index (χ1n) is 6.44. The number of aliphatic hydroxyl groups is 1. The number of aliphatic hydroxyl groups excluding tert-OH is 1. The summed E-state index contributed by atoms with van der Waals surface area (Å²) in [6, 6.07) is 2.13. The second-order valence-corrected chi connectivity index (χ2v) is 5.72. The fourth-order valence-electron chi connectivity index (χ4n) is 2.37. The summed E-state index contributed by atoms with van der Waals surface area (Å²) < 4.78 is 9.20. The van der Waals surface area contributed by atoms with Gasteiger partial charge in [0.2, 0.25) is 0 Å². The number of hydrogen-bond donors (Lipinski definition) is 1. The van der Waals surface area contributed by atoms with Gasteiger partial charge in [-0.2, -0.15) is 0 Å². The molecule has 3 nitrogen and oxygen atoms in total. The van der Waals surface area contributed by atoms with Crippen LogP contribution in [0.2, 0.25) is 0 Å². The topological polar surface area (TPSA) is 38.1 Å². The molecule has 0 saturated heterocycles. The highest BCUT2D eigenvalue weighted by molar-refractivity contribution is 7.12. The summed E-state index contributed by atoms with van der Waals surface area (Å²) in [7, 11) is 1.77. The number of hydrogen-bond acceptors (Lipinski definition) is 3. The quantitative estimate of drug-likeness (QED) is 0.889. The molecule has 1 unspecified atom stereocenters. The monoisotopic (exact) mass is 250 g/mol. The van der Waals surface area contributed by atoms with E-state index in [9.17, 15) is 5.11 Å². The van der Waals surface area contributed by atoms with Crippen LogP contribution in [0.1, 0.15) is 41.3 Å². The first-order chi connectivity index (χ1) is 8.66. The Labute approximate surface area is 106 Å². The minimum absolute atomic E-state index is 0.186. The van der Waals surface area contributed by atoms with Gasteiger partial charge in [0.1, 0.15) is 7.47 Å². The van der Waals surface area contributed by atoms with Crippen molar-refractivity contribution in [1.29, 1.82) is 0 Å². The molecule has 0 bridgehead atoms. The van der Waals surface area contributed by atoms with Crippen molar-refractivity contribution in [2.45, 2.75) is 31.8 Å². The lowest BCUT2D eigenvalue weighted by atomic mass is 9.99. The minimum Gasteiger partial charge on any atom is -0.381 e. The van der Waals surface area contributed by atoms with Gasteiger partial charge in [0.05, 0.1) is 18.2 Å². The zero-order chi connectivity index (χ0) is 12.7. The van der Waals surface area contributed by atoms with Gasteiger partial charge in [-0.3, -0.25) is 0 Å². The van der Waals surface area contributed by atoms with Gasteiger partial charge in [0, 0.05) is 16.8 Å². The molecular weight excluding hydrogens is 232 g/mol. The molecular formula is C13H16N2OS. The van der Waals surface area contributed by atoms with E-state index >= 15 is 0 Å². The zero-order valence-electron chi connectivity index (χ0n) is 10.8. The lowest BCUT2D eigenvalue weighted by molar-refractivity contribution is 0.215. The smallest absolute Gasteiger partial charge is 0.130 e. The van der Waals surface area contributed by atoms with Crippen molar-refractivity contribution in [2.24, 2.45) is 7.05 Å². The molecule has 0 amide bonds. The molecule has 4 heteroatoms. The van der Waals surface area contributed by atoms with Crippen LogP contribution in [0, 0.1) is 0 Å². The summed E-state index contributed by atoms with van der Waals surface area (Å²) in [6.45, 7) is 0. The van der Waals surface area contributed by atoms with Crippen molar-refractivity contribution in [3.05, 3.63) is 39.6 Å². The van der Waals surface area contributed by atoms with E-state index in [4.69, 9.17) is 1.37 Å². The van der Waals surface area contributed by atoms with E-state index in [1.165, 1.54) is 23.3 Å². The third-order valence-corrected chi connectivity index (χ3v) is 4.65. The molecule has 2 heterocycles. The number of fused-ring (bicyclic) bond motifs is 1. The molecule has 90 valence electrons. The Morgan fingerprint density at radius 1 is 1.53 bits per heavy atom. The maximum atomic E-state index is 10.4. The highest BCUT2D eigenvalue weighted by Crippen LogP contribution is 2.34. The number of rotatable bonds is 2. The van der Waals surface area contributed by atoms with Gasteiger partial charge in [-0.1, -0.05) is 0 Å². The second-order valence-electron chi connectivity index (χ2n) is 4.55. The van der Waals surface area contributed by atoms with E-state index in [1.54, 1.807) is 29.1 Å². The Kier molecular flexibility index (Phi) is 2.48. The molecule has 1 N–H and O–H groups in total. The van der Waals surface area contributed by atoms with Crippen molar-refractivity contribution in [3.63, 3.8) is 0 Å². The zero-order valence-corrected chi connectivity index (χ0v) is 10.6. The summed E-state index contributed by atoms with van der Waals surface area (Å²) in [4.78, 5) is 6.32. The number of imidazole rings is 1. The molecule has 3 rings (SSSR count). The van der Waals surface area contributed by atoms with E-state index in [-0.39, 0.29) is 6.30 Å². The fraction of sp³-hybridized carbons (Fsp3) is 0.462. The standard InChI is InChI=1S/C13H16N2OS/c1-15-8-14-7-10(15)13(16)12-6-9-4-2-3-5-11(9)17-12/h6-8,13,16H,2-5H2,1H3/i8T. The molecule has 0 fully saturated rings. The summed E-state index contributed by atoms with van der Waals surface area (Å²) in [5.74, 6) is 0. The molecule has 0 saturated carbocycles. The highest BCUT2D eigenvalue weighted by atomic mass is 32.1. The highest BCUT2D eigenvalue weighted by Gasteiger charge is 2.20. The van der Waals surface area contributed by atoms with E-state index in [0.717, 1.165) is 17.7 Å². The van der Waals surface area contributed by atoms with E-state index in [2.05, 4.69) is 11.1 Å². The van der Waals surface area contributed by atoms with Gasteiger partial charge in [0.15, 0.2) is 0 Å². The van der Waals surface area contributed by atoms with Crippen LogP contribution in [0.3, 0.4) is 0 Å². The van der Waals surface area contributed by atoms with Gasteiger partial charge in [-0.25, -0.2) is 4.98 Å². The van der Waals surface area contributed by atoms with Gasteiger partial charge in [0.25, 0.3) is 0 Å². The SMILES string of the molecule is [3H]c1ncc(C(O)c2cc3c(s2)CCCC3)n1C. The van der Waals surface area contributed by atoms with Crippen LogP contribution in [-0.4, -0.2) is 14.7 Å². The third kappa shape index (κ3) is 1.91. The Balaban J connectivity index is 1.94. The Hall–Kier alpha value is -1.13. The fourth-order valence-corrected chi connectivity index (χ4v) is 3.63. The van der Waals surface area contributed by atoms with Crippen molar-refractivity contribution < 1.29 is 6.48 Å². The Bertz CT molecular complexity index is 552. The first-order valence-corrected chi connectivity index (χ1v) is 6.76. The van der Waals surface area contributed by atoms with Crippen molar-refractivity contribution in [1.82, 2.24) is 9.55 Å². The number of aromatic nitrogens is 2. The average molecular weight is 250 g/mol. The molecule has 0 spiro atoms. The normalized spacial score (nSPS) is 17.6. The van der Waals surface area contributed by atoms with Gasteiger partial charge in [-0.05, 0) is 37.3 Å². The average Bonchev–Trinajstić information content (AvgIpc) is 2.94. The summed E-state index contributed by atoms with van der Waals surface area (Å²) in [5, 5.41) is 10.4. The van der Waals surface area contributed by atoms with E-state index < -0.39 is 6.10 Å². The number of aryl methyl sites for hydroxylation is 2. The Morgan fingerprint density at radius 3 is 3.06 bits per heavy atom. The molecule has 1 aliphatic carbocycles. The number of nitrogens with zero attached hydrogens (tertiary/aromatic N) is 2. The van der Waals surface area contributed by atoms with Crippen LogP contribution < -0.4 is 0 Å². The van der Waals surface area contributed by atoms with E-state index in [0.29, 0.717) is 5.69 Å². The van der Waals surface area contributed by atoms with Crippen LogP contribution in [-0.2, 0) is 19.9 Å². The van der Waals surface area contributed by atoms with Crippen LogP contribution in [0.4, 0.5) is 0 Å². The van der Waals surface area contributed by atoms with Crippen molar-refractivity contribution in [2.75, 3.05) is 0 Å². The molecule has 2 aromatic rings. The van der Waals surface area contributed by atoms with Gasteiger partial charge < -0.3 is 9.67 Å². The predicted molar refractivity (Wildman–Crippen MR) is 68.2 cm³/mol. The molecule has 0 aliphatic heterocycles. The van der Waals surface area contributed by atoms with Gasteiger partial charge >= 0.3 is 0 Å². The molecule has 0 aromatic carbocycles. The van der Waals surface area contributed by atoms with Crippen molar-refractivity contribution in [3.8, 4) is 0 Å². The van der Waals surface area contributed by atoms with E-state index in [1.807, 2.05) is 0 Å². The third-order valence-electron chi connectivity index (χ3n) is 3.36. The lowest BCUT2D eigenvalue weighted by Gasteiger charge is -2.08. The first kappa shape index (κ1) is 9.85. The van der Waals surface area contributed by atoms with Gasteiger partial charge in [-0.15, -0.1) is 11.3 Å². The summed E-state index contributed by atoms with van der Waals surface area (Å²) in [5.41, 5.74) is 2.09.